The van der Waals surface area contributed by atoms with Gasteiger partial charge in [-0.25, -0.2) is 4.98 Å². The molecule has 4 rings (SSSR count). The van der Waals surface area contributed by atoms with E-state index >= 15 is 0 Å². The van der Waals surface area contributed by atoms with E-state index < -0.39 is 0 Å². The molecule has 0 bridgehead atoms. The molecule has 3 aromatic rings. The molecule has 2 N–H and O–H groups in total. The molecule has 0 saturated carbocycles. The van der Waals surface area contributed by atoms with Crippen LogP contribution in [-0.4, -0.2) is 66.1 Å². The first-order chi connectivity index (χ1) is 15.1. The van der Waals surface area contributed by atoms with Crippen molar-refractivity contribution in [2.24, 2.45) is 0 Å². The molecular formula is C22H26N6O3. The van der Waals surface area contributed by atoms with Crippen LogP contribution in [0.1, 0.15) is 21.6 Å². The number of carbonyl (C=O) groups excluding carboxylic acids is 1. The van der Waals surface area contributed by atoms with Crippen LogP contribution >= 0.6 is 0 Å². The molecule has 0 aliphatic carbocycles. The van der Waals surface area contributed by atoms with E-state index in [1.54, 1.807) is 32.5 Å². The Kier molecular flexibility index (Phi) is 6.24. The van der Waals surface area contributed by atoms with Crippen molar-refractivity contribution < 1.29 is 9.53 Å². The van der Waals surface area contributed by atoms with Crippen molar-refractivity contribution in [3.8, 4) is 0 Å². The minimum absolute atomic E-state index is 0.141. The molecule has 9 heteroatoms. The molecule has 1 aliphatic heterocycles. The number of H-pyrrole nitrogens is 1. The number of pyridine rings is 3. The first-order valence-electron chi connectivity index (χ1n) is 10.2. The largest absolute Gasteiger partial charge is 0.380 e. The van der Waals surface area contributed by atoms with Crippen molar-refractivity contribution in [1.82, 2.24) is 25.2 Å². The Morgan fingerprint density at radius 3 is 2.65 bits per heavy atom. The maximum atomic E-state index is 12.2. The Balaban J connectivity index is 1.38. The van der Waals surface area contributed by atoms with Crippen LogP contribution < -0.4 is 15.8 Å². The second-order valence-corrected chi connectivity index (χ2v) is 7.58. The number of fused-ring (bicyclic) bond motifs is 1. The van der Waals surface area contributed by atoms with E-state index in [2.05, 4.69) is 30.1 Å². The predicted molar refractivity (Wildman–Crippen MR) is 118 cm³/mol. The van der Waals surface area contributed by atoms with E-state index in [1.165, 1.54) is 0 Å². The fourth-order valence-electron chi connectivity index (χ4n) is 3.77. The maximum absolute atomic E-state index is 12.2. The van der Waals surface area contributed by atoms with Gasteiger partial charge in [0.15, 0.2) is 0 Å². The summed E-state index contributed by atoms with van der Waals surface area (Å²) in [6.07, 6.45) is 3.62. The third-order valence-corrected chi connectivity index (χ3v) is 5.48. The van der Waals surface area contributed by atoms with E-state index in [0.29, 0.717) is 11.3 Å². The van der Waals surface area contributed by atoms with Gasteiger partial charge in [0.25, 0.3) is 11.5 Å². The SMILES string of the molecule is CNC(=O)c1ccc(N2CCN(Cc3cnc4cc(COC)c(=O)[nH]c4c3)CC2)cn1. The van der Waals surface area contributed by atoms with E-state index in [0.717, 1.165) is 55.0 Å². The van der Waals surface area contributed by atoms with Gasteiger partial charge in [-0.1, -0.05) is 0 Å². The summed E-state index contributed by atoms with van der Waals surface area (Å²) >= 11 is 0. The summed E-state index contributed by atoms with van der Waals surface area (Å²) in [4.78, 5) is 40.1. The predicted octanol–water partition coefficient (Wildman–Crippen LogP) is 1.15. The Labute approximate surface area is 180 Å². The molecule has 1 saturated heterocycles. The zero-order valence-electron chi connectivity index (χ0n) is 17.7. The van der Waals surface area contributed by atoms with Crippen molar-refractivity contribution in [3.63, 3.8) is 0 Å². The maximum Gasteiger partial charge on any atom is 0.269 e. The number of rotatable bonds is 6. The topological polar surface area (TPSA) is 103 Å². The molecule has 0 unspecified atom stereocenters. The molecule has 31 heavy (non-hydrogen) atoms. The second-order valence-electron chi connectivity index (χ2n) is 7.58. The van der Waals surface area contributed by atoms with Crippen LogP contribution in [-0.2, 0) is 17.9 Å². The van der Waals surface area contributed by atoms with E-state index in [9.17, 15) is 9.59 Å². The lowest BCUT2D eigenvalue weighted by Gasteiger charge is -2.36. The van der Waals surface area contributed by atoms with Gasteiger partial charge < -0.3 is 19.9 Å². The highest BCUT2D eigenvalue weighted by atomic mass is 16.5. The molecule has 1 aliphatic rings. The van der Waals surface area contributed by atoms with Gasteiger partial charge in [-0.3, -0.25) is 19.5 Å². The number of hydrogen-bond acceptors (Lipinski definition) is 7. The molecule has 0 atom stereocenters. The van der Waals surface area contributed by atoms with E-state index in [-0.39, 0.29) is 18.1 Å². The average molecular weight is 422 g/mol. The molecule has 1 amide bonds. The van der Waals surface area contributed by atoms with Crippen molar-refractivity contribution in [1.29, 1.82) is 0 Å². The fraction of sp³-hybridized carbons (Fsp3) is 0.364. The Bertz CT molecular complexity index is 1120. The summed E-state index contributed by atoms with van der Waals surface area (Å²) in [5.41, 5.74) is 4.43. The van der Waals surface area contributed by atoms with Crippen LogP contribution in [0.25, 0.3) is 11.0 Å². The van der Waals surface area contributed by atoms with Gasteiger partial charge >= 0.3 is 0 Å². The zero-order chi connectivity index (χ0) is 21.8. The summed E-state index contributed by atoms with van der Waals surface area (Å²) in [5.74, 6) is -0.184. The molecule has 4 heterocycles. The number of piperazine rings is 1. The van der Waals surface area contributed by atoms with Gasteiger partial charge in [0.1, 0.15) is 5.69 Å². The first-order valence-corrected chi connectivity index (χ1v) is 10.2. The molecule has 0 aromatic carbocycles. The molecule has 162 valence electrons. The second kappa shape index (κ2) is 9.23. The highest BCUT2D eigenvalue weighted by Gasteiger charge is 2.18. The van der Waals surface area contributed by atoms with Gasteiger partial charge in [0.2, 0.25) is 0 Å². The van der Waals surface area contributed by atoms with Crippen LogP contribution in [0.2, 0.25) is 0 Å². The number of ether oxygens (including phenoxy) is 1. The summed E-state index contributed by atoms with van der Waals surface area (Å²) in [7, 11) is 3.16. The Hall–Kier alpha value is -3.30. The standard InChI is InChI=1S/C22H26N6O3/c1-23-22(30)18-4-3-17(12-25-18)28-7-5-27(6-8-28)13-15-9-20-19(24-11-15)10-16(14-31-2)21(29)26-20/h3-4,9-12H,5-8,13-14H2,1-2H3,(H,23,30)(H,26,29). The quantitative estimate of drug-likeness (QED) is 0.614. The molecule has 3 aromatic heterocycles. The van der Waals surface area contributed by atoms with Crippen molar-refractivity contribution >= 4 is 22.6 Å². The van der Waals surface area contributed by atoms with Crippen LogP contribution in [0.3, 0.4) is 0 Å². The van der Waals surface area contributed by atoms with Crippen molar-refractivity contribution in [2.45, 2.75) is 13.2 Å². The molecule has 0 spiro atoms. The minimum atomic E-state index is -0.184. The van der Waals surface area contributed by atoms with E-state index in [1.807, 2.05) is 18.3 Å². The third-order valence-electron chi connectivity index (χ3n) is 5.48. The summed E-state index contributed by atoms with van der Waals surface area (Å²) in [6, 6.07) is 7.46. The van der Waals surface area contributed by atoms with Crippen LogP contribution in [0.15, 0.2) is 41.5 Å². The lowest BCUT2D eigenvalue weighted by Crippen LogP contribution is -2.46. The number of nitrogens with one attached hydrogen (secondary N) is 2. The van der Waals surface area contributed by atoms with Crippen molar-refractivity contribution in [3.05, 3.63) is 63.8 Å². The number of methoxy groups -OCH3 is 1. The molecule has 1 fully saturated rings. The summed E-state index contributed by atoms with van der Waals surface area (Å²) < 4.78 is 5.06. The van der Waals surface area contributed by atoms with Gasteiger partial charge in [0, 0.05) is 58.6 Å². The van der Waals surface area contributed by atoms with Crippen molar-refractivity contribution in [2.75, 3.05) is 45.2 Å². The van der Waals surface area contributed by atoms with Crippen LogP contribution in [0, 0.1) is 0 Å². The highest BCUT2D eigenvalue weighted by molar-refractivity contribution is 5.92. The monoisotopic (exact) mass is 422 g/mol. The lowest BCUT2D eigenvalue weighted by molar-refractivity contribution is 0.0958. The van der Waals surface area contributed by atoms with Crippen LogP contribution in [0.4, 0.5) is 5.69 Å². The first kappa shape index (κ1) is 21.0. The number of carbonyl (C=O) groups is 1. The zero-order valence-corrected chi connectivity index (χ0v) is 17.7. The average Bonchev–Trinajstić information content (AvgIpc) is 2.80. The Morgan fingerprint density at radius 2 is 1.97 bits per heavy atom. The van der Waals surface area contributed by atoms with Gasteiger partial charge in [-0.05, 0) is 29.8 Å². The number of hydrogen-bond donors (Lipinski definition) is 2. The van der Waals surface area contributed by atoms with E-state index in [4.69, 9.17) is 4.74 Å². The van der Waals surface area contributed by atoms with Crippen LogP contribution in [0.5, 0.6) is 0 Å². The number of aromatic nitrogens is 3. The lowest BCUT2D eigenvalue weighted by atomic mass is 10.2. The highest BCUT2D eigenvalue weighted by Crippen LogP contribution is 2.18. The van der Waals surface area contributed by atoms with Gasteiger partial charge in [-0.15, -0.1) is 0 Å². The number of anilines is 1. The summed E-state index contributed by atoms with van der Waals surface area (Å²) in [6.45, 7) is 4.59. The third kappa shape index (κ3) is 4.73. The number of amides is 1. The normalized spacial score (nSPS) is 14.7. The summed E-state index contributed by atoms with van der Waals surface area (Å²) in [5, 5.41) is 2.58. The molecular weight excluding hydrogens is 396 g/mol. The molecule has 9 nitrogen and oxygen atoms in total. The number of nitrogens with zero attached hydrogens (tertiary/aromatic N) is 4. The van der Waals surface area contributed by atoms with Gasteiger partial charge in [-0.2, -0.15) is 0 Å². The smallest absolute Gasteiger partial charge is 0.269 e. The number of aromatic amines is 1. The fourth-order valence-corrected chi connectivity index (χ4v) is 3.77. The Morgan fingerprint density at radius 1 is 1.16 bits per heavy atom. The minimum Gasteiger partial charge on any atom is -0.380 e. The molecule has 0 radical (unpaired) electrons. The van der Waals surface area contributed by atoms with Gasteiger partial charge in [0.05, 0.1) is 29.5 Å².